The molecule has 0 atom stereocenters. The van der Waals surface area contributed by atoms with Gasteiger partial charge in [-0.1, -0.05) is 18.5 Å². The number of H-pyrrole nitrogens is 1. The van der Waals surface area contributed by atoms with Crippen LogP contribution in [0.1, 0.15) is 35.2 Å². The van der Waals surface area contributed by atoms with Gasteiger partial charge < -0.3 is 9.84 Å². The highest BCUT2D eigenvalue weighted by atomic mass is 16.5. The first-order valence-electron chi connectivity index (χ1n) is 5.47. The third kappa shape index (κ3) is 2.52. The number of rotatable bonds is 4. The van der Waals surface area contributed by atoms with Crippen LogP contribution in [-0.2, 0) is 6.42 Å². The number of aromatic nitrogens is 3. The van der Waals surface area contributed by atoms with Crippen molar-refractivity contribution in [1.82, 2.24) is 15.4 Å². The Hall–Kier alpha value is -2.11. The molecule has 6 nitrogen and oxygen atoms in total. The van der Waals surface area contributed by atoms with Crippen LogP contribution in [0.3, 0.4) is 0 Å². The van der Waals surface area contributed by atoms with E-state index in [2.05, 4.69) is 27.6 Å². The number of amides is 1. The molecule has 0 aliphatic rings. The van der Waals surface area contributed by atoms with E-state index < -0.39 is 0 Å². The molecular weight excluding hydrogens is 220 g/mol. The van der Waals surface area contributed by atoms with E-state index in [1.165, 1.54) is 6.20 Å². The second-order valence-electron chi connectivity index (χ2n) is 3.82. The van der Waals surface area contributed by atoms with E-state index in [4.69, 9.17) is 4.52 Å². The summed E-state index contributed by atoms with van der Waals surface area (Å²) in [6, 6.07) is 1.81. The third-order valence-electron chi connectivity index (χ3n) is 2.35. The fourth-order valence-electron chi connectivity index (χ4n) is 1.51. The van der Waals surface area contributed by atoms with E-state index in [1.807, 2.05) is 6.07 Å². The molecule has 0 aliphatic carbocycles. The Morgan fingerprint density at radius 1 is 1.59 bits per heavy atom. The summed E-state index contributed by atoms with van der Waals surface area (Å²) < 4.78 is 4.85. The summed E-state index contributed by atoms with van der Waals surface area (Å²) in [7, 11) is 0. The number of carbonyl (C=O) groups is 1. The van der Waals surface area contributed by atoms with Gasteiger partial charge in [0.05, 0.1) is 6.20 Å². The van der Waals surface area contributed by atoms with Crippen molar-refractivity contribution in [2.75, 3.05) is 5.32 Å². The summed E-state index contributed by atoms with van der Waals surface area (Å²) in [5.74, 6) is 0.369. The van der Waals surface area contributed by atoms with Crippen molar-refractivity contribution in [3.63, 3.8) is 0 Å². The molecule has 0 aliphatic heterocycles. The maximum atomic E-state index is 11.8. The first-order chi connectivity index (χ1) is 8.20. The van der Waals surface area contributed by atoms with Crippen LogP contribution in [0.2, 0.25) is 0 Å². The summed E-state index contributed by atoms with van der Waals surface area (Å²) >= 11 is 0. The second kappa shape index (κ2) is 4.82. The maximum Gasteiger partial charge on any atom is 0.295 e. The van der Waals surface area contributed by atoms with E-state index in [0.29, 0.717) is 11.4 Å². The van der Waals surface area contributed by atoms with Gasteiger partial charge in [0.25, 0.3) is 5.91 Å². The predicted octanol–water partition coefficient (Wildman–Crippen LogP) is 1.91. The topological polar surface area (TPSA) is 83.8 Å². The molecule has 2 N–H and O–H groups in total. The number of anilines is 1. The SMILES string of the molecule is CCCc1cc(NC(=O)c2oncc2C)n[nH]1. The highest BCUT2D eigenvalue weighted by Gasteiger charge is 2.15. The van der Waals surface area contributed by atoms with Crippen molar-refractivity contribution in [3.05, 3.63) is 29.3 Å². The molecule has 0 fully saturated rings. The minimum Gasteiger partial charge on any atom is -0.351 e. The molecule has 17 heavy (non-hydrogen) atoms. The highest BCUT2D eigenvalue weighted by Crippen LogP contribution is 2.11. The van der Waals surface area contributed by atoms with Gasteiger partial charge in [0.1, 0.15) is 0 Å². The van der Waals surface area contributed by atoms with Gasteiger partial charge in [-0.05, 0) is 13.3 Å². The van der Waals surface area contributed by atoms with Crippen LogP contribution in [0.4, 0.5) is 5.82 Å². The number of hydrogen-bond acceptors (Lipinski definition) is 4. The standard InChI is InChI=1S/C11H14N4O2/c1-3-4-8-5-9(15-14-8)13-11(16)10-7(2)6-12-17-10/h5-6H,3-4H2,1-2H3,(H2,13,14,15,16). The highest BCUT2D eigenvalue weighted by molar-refractivity contribution is 6.02. The van der Waals surface area contributed by atoms with E-state index in [9.17, 15) is 4.79 Å². The van der Waals surface area contributed by atoms with Gasteiger partial charge in [0.15, 0.2) is 5.82 Å². The Labute approximate surface area is 98.4 Å². The molecule has 6 heteroatoms. The minimum atomic E-state index is -0.338. The smallest absolute Gasteiger partial charge is 0.295 e. The van der Waals surface area contributed by atoms with Gasteiger partial charge in [-0.15, -0.1) is 0 Å². The summed E-state index contributed by atoms with van der Waals surface area (Å²) in [5, 5.41) is 13.1. The van der Waals surface area contributed by atoms with E-state index in [1.54, 1.807) is 6.92 Å². The van der Waals surface area contributed by atoms with Crippen molar-refractivity contribution >= 4 is 11.7 Å². The lowest BCUT2D eigenvalue weighted by Gasteiger charge is -1.97. The molecule has 1 amide bonds. The number of aryl methyl sites for hydroxylation is 2. The van der Waals surface area contributed by atoms with Crippen LogP contribution >= 0.6 is 0 Å². The predicted molar refractivity (Wildman–Crippen MR) is 61.8 cm³/mol. The molecule has 2 aromatic rings. The third-order valence-corrected chi connectivity index (χ3v) is 2.35. The van der Waals surface area contributed by atoms with Gasteiger partial charge in [0, 0.05) is 17.3 Å². The molecule has 2 aromatic heterocycles. The summed E-state index contributed by atoms with van der Waals surface area (Å²) in [6.07, 6.45) is 3.43. The van der Waals surface area contributed by atoms with Gasteiger partial charge in [0.2, 0.25) is 5.76 Å². The Morgan fingerprint density at radius 3 is 3.06 bits per heavy atom. The summed E-state index contributed by atoms with van der Waals surface area (Å²) in [5.41, 5.74) is 1.70. The van der Waals surface area contributed by atoms with Crippen molar-refractivity contribution in [2.24, 2.45) is 0 Å². The number of hydrogen-bond donors (Lipinski definition) is 2. The lowest BCUT2D eigenvalue weighted by atomic mass is 10.2. The number of carbonyl (C=O) groups excluding carboxylic acids is 1. The Balaban J connectivity index is 2.05. The van der Waals surface area contributed by atoms with Crippen LogP contribution in [0, 0.1) is 6.92 Å². The van der Waals surface area contributed by atoms with Crippen molar-refractivity contribution in [1.29, 1.82) is 0 Å². The lowest BCUT2D eigenvalue weighted by Crippen LogP contribution is -2.12. The Bertz CT molecular complexity index is 515. The number of nitrogens with one attached hydrogen (secondary N) is 2. The molecule has 2 rings (SSSR count). The van der Waals surface area contributed by atoms with Gasteiger partial charge in [-0.25, -0.2) is 0 Å². The lowest BCUT2D eigenvalue weighted by molar-refractivity contribution is 0.0986. The van der Waals surface area contributed by atoms with Crippen molar-refractivity contribution in [3.8, 4) is 0 Å². The second-order valence-corrected chi connectivity index (χ2v) is 3.82. The van der Waals surface area contributed by atoms with Gasteiger partial charge in [-0.3, -0.25) is 9.89 Å². The van der Waals surface area contributed by atoms with Crippen molar-refractivity contribution < 1.29 is 9.32 Å². The number of nitrogens with zero attached hydrogens (tertiary/aromatic N) is 2. The van der Waals surface area contributed by atoms with Crippen LogP contribution < -0.4 is 5.32 Å². The zero-order chi connectivity index (χ0) is 12.3. The summed E-state index contributed by atoms with van der Waals surface area (Å²) in [4.78, 5) is 11.8. The van der Waals surface area contributed by atoms with Crippen LogP contribution in [0.25, 0.3) is 0 Å². The molecule has 90 valence electrons. The average Bonchev–Trinajstić information content (AvgIpc) is 2.88. The molecule has 0 bridgehead atoms. The Morgan fingerprint density at radius 2 is 2.41 bits per heavy atom. The molecule has 0 saturated heterocycles. The van der Waals surface area contributed by atoms with Crippen LogP contribution in [0.15, 0.2) is 16.8 Å². The van der Waals surface area contributed by atoms with Crippen LogP contribution in [-0.4, -0.2) is 21.3 Å². The zero-order valence-electron chi connectivity index (χ0n) is 9.78. The first kappa shape index (κ1) is 11.4. The largest absolute Gasteiger partial charge is 0.351 e. The average molecular weight is 234 g/mol. The van der Waals surface area contributed by atoms with E-state index in [0.717, 1.165) is 18.5 Å². The zero-order valence-corrected chi connectivity index (χ0v) is 9.78. The van der Waals surface area contributed by atoms with Crippen molar-refractivity contribution in [2.45, 2.75) is 26.7 Å². The fourth-order valence-corrected chi connectivity index (χ4v) is 1.51. The maximum absolute atomic E-state index is 11.8. The molecule has 2 heterocycles. The molecule has 0 radical (unpaired) electrons. The molecule has 0 unspecified atom stereocenters. The van der Waals surface area contributed by atoms with E-state index in [-0.39, 0.29) is 11.7 Å². The van der Waals surface area contributed by atoms with Gasteiger partial charge >= 0.3 is 0 Å². The molecule has 0 saturated carbocycles. The quantitative estimate of drug-likeness (QED) is 0.846. The molecule has 0 spiro atoms. The number of aromatic amines is 1. The van der Waals surface area contributed by atoms with Gasteiger partial charge in [-0.2, -0.15) is 5.10 Å². The van der Waals surface area contributed by atoms with Crippen LogP contribution in [0.5, 0.6) is 0 Å². The Kier molecular flexibility index (Phi) is 3.22. The molecular formula is C11H14N4O2. The minimum absolute atomic E-state index is 0.213. The molecule has 0 aromatic carbocycles. The monoisotopic (exact) mass is 234 g/mol. The normalized spacial score (nSPS) is 10.5. The fraction of sp³-hybridized carbons (Fsp3) is 0.364. The van der Waals surface area contributed by atoms with E-state index >= 15 is 0 Å². The first-order valence-corrected chi connectivity index (χ1v) is 5.47. The summed E-state index contributed by atoms with van der Waals surface area (Å²) in [6.45, 7) is 3.84.